The maximum Gasteiger partial charge on any atom is 0.347 e. The number of carbonyl (C=O) groups excluding carboxylic acids is 1. The molecule has 0 N–H and O–H groups in total. The van der Waals surface area contributed by atoms with E-state index in [9.17, 15) is 4.79 Å². The summed E-state index contributed by atoms with van der Waals surface area (Å²) in [6.07, 6.45) is 0.0555. The van der Waals surface area contributed by atoms with Gasteiger partial charge in [-0.25, -0.2) is 4.79 Å². The van der Waals surface area contributed by atoms with Crippen LogP contribution in [0.4, 0.5) is 0 Å². The molecule has 0 aliphatic carbocycles. The Morgan fingerprint density at radius 3 is 2.75 bits per heavy atom. The molecule has 0 spiro atoms. The number of carbonyl (C=O) groups is 1. The summed E-state index contributed by atoms with van der Waals surface area (Å²) in [4.78, 5) is 11.5. The highest BCUT2D eigenvalue weighted by Crippen LogP contribution is 2.19. The summed E-state index contributed by atoms with van der Waals surface area (Å²) in [5, 5.41) is 0. The van der Waals surface area contributed by atoms with Crippen molar-refractivity contribution in [1.29, 1.82) is 0 Å². The van der Waals surface area contributed by atoms with Crippen molar-refractivity contribution in [3.05, 3.63) is 28.7 Å². The van der Waals surface area contributed by atoms with Gasteiger partial charge in [0.1, 0.15) is 5.75 Å². The Labute approximate surface area is 104 Å². The Morgan fingerprint density at radius 1 is 1.44 bits per heavy atom. The van der Waals surface area contributed by atoms with Crippen LogP contribution in [0.15, 0.2) is 28.7 Å². The number of hydrogen-bond donors (Lipinski definition) is 0. The predicted molar refractivity (Wildman–Crippen MR) is 65.5 cm³/mol. The molecule has 0 aliphatic rings. The van der Waals surface area contributed by atoms with E-state index in [-0.39, 0.29) is 5.97 Å². The van der Waals surface area contributed by atoms with Crippen LogP contribution in [0.3, 0.4) is 0 Å². The second-order valence-electron chi connectivity index (χ2n) is 3.22. The van der Waals surface area contributed by atoms with Crippen molar-refractivity contribution in [2.45, 2.75) is 26.4 Å². The van der Waals surface area contributed by atoms with Crippen molar-refractivity contribution in [2.75, 3.05) is 6.61 Å². The molecule has 4 heteroatoms. The first-order valence-corrected chi connectivity index (χ1v) is 6.05. The maximum absolute atomic E-state index is 11.5. The molecule has 0 bridgehead atoms. The van der Waals surface area contributed by atoms with Crippen LogP contribution in [0.2, 0.25) is 0 Å². The van der Waals surface area contributed by atoms with Crippen LogP contribution in [0, 0.1) is 0 Å². The molecule has 0 radical (unpaired) electrons. The molecule has 88 valence electrons. The minimum Gasteiger partial charge on any atom is -0.479 e. The summed E-state index contributed by atoms with van der Waals surface area (Å²) in [7, 11) is 0. The van der Waals surface area contributed by atoms with Gasteiger partial charge in [-0.3, -0.25) is 0 Å². The van der Waals surface area contributed by atoms with Gasteiger partial charge in [-0.15, -0.1) is 0 Å². The normalized spacial score (nSPS) is 11.9. The third kappa shape index (κ3) is 3.85. The molecule has 0 aliphatic heterocycles. The summed E-state index contributed by atoms with van der Waals surface area (Å²) in [5.41, 5.74) is 0. The Hall–Kier alpha value is -1.03. The van der Waals surface area contributed by atoms with Gasteiger partial charge in [0, 0.05) is 4.47 Å². The second kappa shape index (κ2) is 6.53. The van der Waals surface area contributed by atoms with Crippen LogP contribution >= 0.6 is 15.9 Å². The van der Waals surface area contributed by atoms with Crippen LogP contribution in [0.1, 0.15) is 20.3 Å². The smallest absolute Gasteiger partial charge is 0.347 e. The summed E-state index contributed by atoms with van der Waals surface area (Å²) >= 11 is 3.35. The minimum absolute atomic E-state index is 0.315. The fourth-order valence-corrected chi connectivity index (χ4v) is 1.62. The monoisotopic (exact) mass is 286 g/mol. The van der Waals surface area contributed by atoms with Crippen LogP contribution in [0.5, 0.6) is 5.75 Å². The lowest BCUT2D eigenvalue weighted by Crippen LogP contribution is -2.28. The SMILES string of the molecule is CCOC(=O)[C@H](CC)Oc1cccc(Br)c1. The van der Waals surface area contributed by atoms with Gasteiger partial charge in [-0.2, -0.15) is 0 Å². The molecule has 1 aromatic carbocycles. The zero-order valence-corrected chi connectivity index (χ0v) is 11.0. The van der Waals surface area contributed by atoms with Gasteiger partial charge in [0.15, 0.2) is 6.10 Å². The molecule has 0 saturated heterocycles. The van der Waals surface area contributed by atoms with Gasteiger partial charge < -0.3 is 9.47 Å². The summed E-state index contributed by atoms with van der Waals surface area (Å²) < 4.78 is 11.4. The molecule has 0 fully saturated rings. The van der Waals surface area contributed by atoms with Gasteiger partial charge in [-0.05, 0) is 31.5 Å². The van der Waals surface area contributed by atoms with Gasteiger partial charge >= 0.3 is 5.97 Å². The average Bonchev–Trinajstić information content (AvgIpc) is 2.26. The van der Waals surface area contributed by atoms with E-state index in [1.807, 2.05) is 31.2 Å². The van der Waals surface area contributed by atoms with Crippen LogP contribution in [0.25, 0.3) is 0 Å². The van der Waals surface area contributed by atoms with Crippen molar-refractivity contribution in [2.24, 2.45) is 0 Å². The molecule has 16 heavy (non-hydrogen) atoms. The minimum atomic E-state index is -0.533. The summed E-state index contributed by atoms with van der Waals surface area (Å²) in [6, 6.07) is 7.39. The number of ether oxygens (including phenoxy) is 2. The molecule has 1 atom stereocenters. The van der Waals surface area contributed by atoms with E-state index in [4.69, 9.17) is 9.47 Å². The van der Waals surface area contributed by atoms with E-state index >= 15 is 0 Å². The van der Waals surface area contributed by atoms with Crippen LogP contribution in [-0.2, 0) is 9.53 Å². The molecule has 1 rings (SSSR count). The topological polar surface area (TPSA) is 35.5 Å². The van der Waals surface area contributed by atoms with Crippen molar-refractivity contribution < 1.29 is 14.3 Å². The van der Waals surface area contributed by atoms with Gasteiger partial charge in [0.25, 0.3) is 0 Å². The average molecular weight is 287 g/mol. The van der Waals surface area contributed by atoms with E-state index in [0.717, 1.165) is 4.47 Å². The van der Waals surface area contributed by atoms with Gasteiger partial charge in [0.05, 0.1) is 6.61 Å². The number of benzene rings is 1. The number of esters is 1. The Bertz CT molecular complexity index is 352. The van der Waals surface area contributed by atoms with E-state index in [1.54, 1.807) is 6.92 Å². The lowest BCUT2D eigenvalue weighted by molar-refractivity contribution is -0.151. The second-order valence-corrected chi connectivity index (χ2v) is 4.14. The number of halogens is 1. The number of rotatable bonds is 5. The fraction of sp³-hybridized carbons (Fsp3) is 0.417. The maximum atomic E-state index is 11.5. The lowest BCUT2D eigenvalue weighted by Gasteiger charge is -2.15. The fourth-order valence-electron chi connectivity index (χ4n) is 1.24. The molecule has 0 unspecified atom stereocenters. The summed E-state index contributed by atoms with van der Waals surface area (Å²) in [5.74, 6) is 0.347. The standard InChI is InChI=1S/C12H15BrO3/c1-3-11(12(14)15-4-2)16-10-7-5-6-9(13)8-10/h5-8,11H,3-4H2,1-2H3/t11-/m0/s1. The first kappa shape index (κ1) is 13.0. The molecule has 3 nitrogen and oxygen atoms in total. The molecule has 0 amide bonds. The molecule has 0 saturated carbocycles. The highest BCUT2D eigenvalue weighted by Gasteiger charge is 2.19. The molecular formula is C12H15BrO3. The van der Waals surface area contributed by atoms with E-state index in [1.165, 1.54) is 0 Å². The molecular weight excluding hydrogens is 272 g/mol. The Kier molecular flexibility index (Phi) is 5.32. The van der Waals surface area contributed by atoms with E-state index in [2.05, 4.69) is 15.9 Å². The zero-order chi connectivity index (χ0) is 12.0. The quantitative estimate of drug-likeness (QED) is 0.780. The Balaban J connectivity index is 2.66. The molecule has 0 heterocycles. The predicted octanol–water partition coefficient (Wildman–Crippen LogP) is 3.17. The number of hydrogen-bond acceptors (Lipinski definition) is 3. The third-order valence-electron chi connectivity index (χ3n) is 1.99. The Morgan fingerprint density at radius 2 is 2.19 bits per heavy atom. The third-order valence-corrected chi connectivity index (χ3v) is 2.49. The van der Waals surface area contributed by atoms with Gasteiger partial charge in [-0.1, -0.05) is 28.9 Å². The molecule has 1 aromatic rings. The highest BCUT2D eigenvalue weighted by molar-refractivity contribution is 9.10. The van der Waals surface area contributed by atoms with Crippen molar-refractivity contribution >= 4 is 21.9 Å². The van der Waals surface area contributed by atoms with Crippen LogP contribution in [-0.4, -0.2) is 18.7 Å². The largest absolute Gasteiger partial charge is 0.479 e. The van der Waals surface area contributed by atoms with Gasteiger partial charge in [0.2, 0.25) is 0 Å². The summed E-state index contributed by atoms with van der Waals surface area (Å²) in [6.45, 7) is 4.04. The van der Waals surface area contributed by atoms with Crippen molar-refractivity contribution in [3.63, 3.8) is 0 Å². The highest BCUT2D eigenvalue weighted by atomic mass is 79.9. The molecule has 0 aromatic heterocycles. The van der Waals surface area contributed by atoms with E-state index in [0.29, 0.717) is 18.8 Å². The first-order chi connectivity index (χ1) is 7.67. The van der Waals surface area contributed by atoms with Crippen LogP contribution < -0.4 is 4.74 Å². The van der Waals surface area contributed by atoms with E-state index < -0.39 is 6.10 Å². The van der Waals surface area contributed by atoms with Crippen molar-refractivity contribution in [3.8, 4) is 5.75 Å². The zero-order valence-electron chi connectivity index (χ0n) is 9.40. The first-order valence-electron chi connectivity index (χ1n) is 5.26. The van der Waals surface area contributed by atoms with Crippen molar-refractivity contribution in [1.82, 2.24) is 0 Å². The lowest BCUT2D eigenvalue weighted by atomic mass is 10.2.